The lowest BCUT2D eigenvalue weighted by Crippen LogP contribution is -2.62. The number of anilines is 2. The SMILES string of the molecule is CC[C@H]1OC(=O)[C@H](C)[C@@H](O[C@@H]2O[C@@H](C)[C@H](O)[C@](C)(OC)O2)[C@H](C)[C@@H](O[C@@H]2O[C@H](C)C[C@H](N(C)c3ccccc3N)[C@H]2O)[C@@](C)(OC)C[C@@H](C)C(=O)[C@H](C)[C@@H](O)[C@]1(C)O. The molecule has 16 heteroatoms. The van der Waals surface area contributed by atoms with Crippen LogP contribution in [-0.2, 0) is 47.5 Å². The van der Waals surface area contributed by atoms with E-state index in [1.54, 1.807) is 47.6 Å². The van der Waals surface area contributed by atoms with Crippen molar-refractivity contribution < 1.29 is 67.9 Å². The molecule has 0 spiro atoms. The molecule has 4 rings (SSSR count). The van der Waals surface area contributed by atoms with Crippen LogP contribution in [0.2, 0.25) is 0 Å². The topological polar surface area (TPSA) is 218 Å². The molecule has 0 radical (unpaired) electrons. The van der Waals surface area contributed by atoms with Crippen molar-refractivity contribution in [1.82, 2.24) is 0 Å². The van der Waals surface area contributed by atoms with Gasteiger partial charge in [0.2, 0.25) is 0 Å². The monoisotopic (exact) mass is 826 g/mol. The number of nitrogens with zero attached hydrogens (tertiary/aromatic N) is 1. The standard InChI is InChI=1S/C42H70N2O14/c1-14-30-41(9,50)34(47)23(4)31(45)21(2)20-40(8,51-12)36(57-38-32(46)29(19-22(3)53-38)44(11)28-18-16-15-17-27(28)43)24(5)33(25(6)37(49)55-30)56-39-54-26(7)35(48)42(10,52-13)58-39/h15-18,21-26,29-30,32-36,38-39,46-48,50H,14,19-20,43H2,1-13H3/t21-,22-,23+,24+,25-,26+,29+,30-,32-,33+,34-,35+,36-,38+,39+,40+,41-,42-/m1/s1. The van der Waals surface area contributed by atoms with Gasteiger partial charge in [-0.15, -0.1) is 0 Å². The highest BCUT2D eigenvalue weighted by Gasteiger charge is 2.54. The van der Waals surface area contributed by atoms with Crippen molar-refractivity contribution >= 4 is 23.1 Å². The lowest BCUT2D eigenvalue weighted by atomic mass is 9.74. The third kappa shape index (κ3) is 9.83. The van der Waals surface area contributed by atoms with E-state index in [0.29, 0.717) is 12.1 Å². The van der Waals surface area contributed by atoms with Gasteiger partial charge >= 0.3 is 5.97 Å². The van der Waals surface area contributed by atoms with E-state index >= 15 is 0 Å². The number of hydrogen-bond acceptors (Lipinski definition) is 16. The predicted octanol–water partition coefficient (Wildman–Crippen LogP) is 3.14. The van der Waals surface area contributed by atoms with Crippen LogP contribution in [0.15, 0.2) is 24.3 Å². The summed E-state index contributed by atoms with van der Waals surface area (Å²) < 4.78 is 49.6. The third-order valence-electron chi connectivity index (χ3n) is 12.9. The molecule has 0 aromatic heterocycles. The second-order valence-electron chi connectivity index (χ2n) is 17.3. The van der Waals surface area contributed by atoms with E-state index in [1.165, 1.54) is 35.0 Å². The molecule has 3 saturated heterocycles. The molecule has 332 valence electrons. The maximum atomic E-state index is 14.3. The number of benzene rings is 1. The van der Waals surface area contributed by atoms with Crippen molar-refractivity contribution in [2.45, 2.75) is 173 Å². The number of ketones is 1. The molecular weight excluding hydrogens is 756 g/mol. The zero-order valence-corrected chi connectivity index (χ0v) is 36.5. The van der Waals surface area contributed by atoms with Crippen LogP contribution >= 0.6 is 0 Å². The van der Waals surface area contributed by atoms with Gasteiger partial charge in [-0.3, -0.25) is 14.3 Å². The van der Waals surface area contributed by atoms with Crippen LogP contribution in [0.25, 0.3) is 0 Å². The van der Waals surface area contributed by atoms with E-state index in [-0.39, 0.29) is 24.7 Å². The van der Waals surface area contributed by atoms with E-state index in [9.17, 15) is 30.0 Å². The van der Waals surface area contributed by atoms with E-state index in [0.717, 1.165) is 5.69 Å². The van der Waals surface area contributed by atoms with E-state index in [1.807, 2.05) is 37.1 Å². The number of cyclic esters (lactones) is 1. The van der Waals surface area contributed by atoms with Crippen LogP contribution in [0.3, 0.4) is 0 Å². The van der Waals surface area contributed by atoms with Crippen LogP contribution < -0.4 is 10.6 Å². The molecule has 3 aliphatic rings. The first-order chi connectivity index (χ1) is 27.0. The molecule has 1 aromatic rings. The number of methoxy groups -OCH3 is 2. The van der Waals surface area contributed by atoms with Gasteiger partial charge in [-0.2, -0.15) is 0 Å². The summed E-state index contributed by atoms with van der Waals surface area (Å²) in [6.07, 6.45) is -9.36. The number of nitrogens with two attached hydrogens (primary N) is 1. The number of likely N-dealkylation sites (N-methyl/N-ethyl adjacent to an activating group) is 1. The van der Waals surface area contributed by atoms with Crippen molar-refractivity contribution in [3.05, 3.63) is 24.3 Å². The number of carbonyl (C=O) groups is 2. The lowest BCUT2D eigenvalue weighted by Gasteiger charge is -2.50. The van der Waals surface area contributed by atoms with E-state index in [4.69, 9.17) is 43.6 Å². The quantitative estimate of drug-likeness (QED) is 0.179. The first-order valence-corrected chi connectivity index (χ1v) is 20.5. The van der Waals surface area contributed by atoms with Crippen LogP contribution in [0.1, 0.15) is 88.5 Å². The Morgan fingerprint density at radius 3 is 2.14 bits per heavy atom. The number of para-hydroxylation sites is 2. The Labute approximate surface area is 343 Å². The Morgan fingerprint density at radius 2 is 1.55 bits per heavy atom. The van der Waals surface area contributed by atoms with Crippen LogP contribution in [0, 0.1) is 23.7 Å². The first kappa shape index (κ1) is 48.2. The van der Waals surface area contributed by atoms with Crippen molar-refractivity contribution in [1.29, 1.82) is 0 Å². The summed E-state index contributed by atoms with van der Waals surface area (Å²) in [6.45, 7) is 15.0. The predicted molar refractivity (Wildman–Crippen MR) is 213 cm³/mol. The van der Waals surface area contributed by atoms with Crippen molar-refractivity contribution in [3.63, 3.8) is 0 Å². The maximum Gasteiger partial charge on any atom is 0.311 e. The molecule has 3 heterocycles. The summed E-state index contributed by atoms with van der Waals surface area (Å²) in [5.74, 6) is -6.49. The van der Waals surface area contributed by atoms with Crippen molar-refractivity contribution in [2.75, 3.05) is 31.9 Å². The summed E-state index contributed by atoms with van der Waals surface area (Å²) in [5, 5.41) is 46.1. The summed E-state index contributed by atoms with van der Waals surface area (Å²) in [7, 11) is 4.69. The maximum absolute atomic E-state index is 14.3. The number of nitrogen functional groups attached to an aromatic ring is 1. The zero-order valence-electron chi connectivity index (χ0n) is 36.5. The number of carbonyl (C=O) groups excluding carboxylic acids is 2. The largest absolute Gasteiger partial charge is 0.459 e. The number of Topliss-reactive ketones (excluding diaryl/α,β-unsaturated/α-hetero) is 1. The van der Waals surface area contributed by atoms with Gasteiger partial charge in [0.1, 0.15) is 29.7 Å². The minimum absolute atomic E-state index is 0.0446. The summed E-state index contributed by atoms with van der Waals surface area (Å²) in [6, 6.07) is 6.83. The smallest absolute Gasteiger partial charge is 0.311 e. The number of hydrogen-bond donors (Lipinski definition) is 5. The average Bonchev–Trinajstić information content (AvgIpc) is 3.18. The number of ether oxygens (including phenoxy) is 8. The molecule has 18 atom stereocenters. The highest BCUT2D eigenvalue weighted by molar-refractivity contribution is 5.83. The fraction of sp³-hybridized carbons (Fsp3) is 0.810. The number of esters is 1. The molecule has 3 aliphatic heterocycles. The van der Waals surface area contributed by atoms with Crippen LogP contribution in [-0.4, -0.2) is 138 Å². The van der Waals surface area contributed by atoms with Gasteiger partial charge in [0.15, 0.2) is 12.1 Å². The number of aliphatic hydroxyl groups excluding tert-OH is 3. The second kappa shape index (κ2) is 19.1. The molecular formula is C42H70N2O14. The minimum Gasteiger partial charge on any atom is -0.459 e. The van der Waals surface area contributed by atoms with E-state index < -0.39 is 108 Å². The molecule has 58 heavy (non-hydrogen) atoms. The minimum atomic E-state index is -2.01. The van der Waals surface area contributed by atoms with Crippen LogP contribution in [0.5, 0.6) is 0 Å². The molecule has 0 bridgehead atoms. The highest BCUT2D eigenvalue weighted by atomic mass is 16.9. The second-order valence-corrected chi connectivity index (χ2v) is 17.3. The molecule has 0 aliphatic carbocycles. The van der Waals surface area contributed by atoms with Gasteiger partial charge in [-0.1, -0.05) is 39.8 Å². The van der Waals surface area contributed by atoms with Gasteiger partial charge in [-0.25, -0.2) is 0 Å². The molecule has 0 saturated carbocycles. The Kier molecular flexibility index (Phi) is 15.8. The molecule has 16 nitrogen and oxygen atoms in total. The van der Waals surface area contributed by atoms with Crippen molar-refractivity contribution in [2.24, 2.45) is 23.7 Å². The molecule has 6 N–H and O–H groups in total. The Morgan fingerprint density at radius 1 is 0.914 bits per heavy atom. The van der Waals surface area contributed by atoms with Gasteiger partial charge in [0, 0.05) is 39.0 Å². The van der Waals surface area contributed by atoms with Gasteiger partial charge in [-0.05, 0) is 72.9 Å². The molecule has 1 aromatic carbocycles. The molecule has 0 amide bonds. The van der Waals surface area contributed by atoms with Gasteiger partial charge in [0.25, 0.3) is 6.48 Å². The molecule has 3 fully saturated rings. The average molecular weight is 827 g/mol. The number of rotatable bonds is 9. The van der Waals surface area contributed by atoms with Gasteiger partial charge < -0.3 is 64.2 Å². The third-order valence-corrected chi connectivity index (χ3v) is 12.9. The normalized spacial score (nSPS) is 44.9. The fourth-order valence-electron chi connectivity index (χ4n) is 9.00. The fourth-order valence-corrected chi connectivity index (χ4v) is 9.00. The van der Waals surface area contributed by atoms with Gasteiger partial charge in [0.05, 0.1) is 59.5 Å². The highest BCUT2D eigenvalue weighted by Crippen LogP contribution is 2.42. The summed E-state index contributed by atoms with van der Waals surface area (Å²) >= 11 is 0. The Bertz CT molecular complexity index is 1530. The summed E-state index contributed by atoms with van der Waals surface area (Å²) in [5.41, 5.74) is 4.24. The van der Waals surface area contributed by atoms with E-state index in [2.05, 4.69) is 0 Å². The first-order valence-electron chi connectivity index (χ1n) is 20.5. The van der Waals surface area contributed by atoms with Crippen molar-refractivity contribution in [3.8, 4) is 0 Å². The summed E-state index contributed by atoms with van der Waals surface area (Å²) in [4.78, 5) is 30.3. The Balaban J connectivity index is 1.86. The zero-order chi connectivity index (χ0) is 43.7. The van der Waals surface area contributed by atoms with Crippen LogP contribution in [0.4, 0.5) is 11.4 Å². The molecule has 0 unspecified atom stereocenters. The lowest BCUT2D eigenvalue weighted by molar-refractivity contribution is -0.454. The Hall–Kier alpha value is -2.48. The number of aliphatic hydroxyl groups is 4.